The van der Waals surface area contributed by atoms with E-state index in [9.17, 15) is 0 Å². The molecule has 116 valence electrons. The maximum absolute atomic E-state index is 5.51. The predicted molar refractivity (Wildman–Crippen MR) is 90.7 cm³/mol. The second kappa shape index (κ2) is 7.08. The van der Waals surface area contributed by atoms with Gasteiger partial charge in [-0.2, -0.15) is 0 Å². The van der Waals surface area contributed by atoms with Crippen LogP contribution < -0.4 is 0 Å². The van der Waals surface area contributed by atoms with Crippen LogP contribution in [0, 0.1) is 0 Å². The Morgan fingerprint density at radius 1 is 1.05 bits per heavy atom. The van der Waals surface area contributed by atoms with Crippen molar-refractivity contribution in [2.45, 2.75) is 37.9 Å². The first-order valence-corrected chi connectivity index (χ1v) is 8.03. The summed E-state index contributed by atoms with van der Waals surface area (Å²) in [7, 11) is 3.56. The van der Waals surface area contributed by atoms with Gasteiger partial charge >= 0.3 is 0 Å². The Labute approximate surface area is 133 Å². The molecular weight excluding hydrogens is 272 g/mol. The zero-order valence-corrected chi connectivity index (χ0v) is 13.4. The molecule has 0 aromatic carbocycles. The third-order valence-electron chi connectivity index (χ3n) is 4.55. The Morgan fingerprint density at radius 3 is 2.73 bits per heavy atom. The van der Waals surface area contributed by atoms with E-state index in [0.717, 1.165) is 25.7 Å². The monoisotopic (exact) mass is 296 g/mol. The van der Waals surface area contributed by atoms with E-state index in [4.69, 9.17) is 9.47 Å². The van der Waals surface area contributed by atoms with E-state index in [1.807, 2.05) is 0 Å². The summed E-state index contributed by atoms with van der Waals surface area (Å²) >= 11 is 0. The molecule has 3 aliphatic rings. The van der Waals surface area contributed by atoms with Gasteiger partial charge in [0.25, 0.3) is 0 Å². The van der Waals surface area contributed by atoms with Crippen molar-refractivity contribution in [3.63, 3.8) is 0 Å². The minimum Gasteiger partial charge on any atom is -0.377 e. The van der Waals surface area contributed by atoms with Gasteiger partial charge in [0.1, 0.15) is 0 Å². The van der Waals surface area contributed by atoms with E-state index >= 15 is 0 Å². The fraction of sp³-hybridized carbons (Fsp3) is 0.400. The summed E-state index contributed by atoms with van der Waals surface area (Å²) in [5.41, 5.74) is 5.50. The normalized spacial score (nSPS) is 27.9. The molecule has 0 fully saturated rings. The molecule has 2 atom stereocenters. The number of rotatable bonds is 4. The Morgan fingerprint density at radius 2 is 1.91 bits per heavy atom. The maximum Gasteiger partial charge on any atom is 0.0795 e. The molecule has 0 radical (unpaired) electrons. The first kappa shape index (κ1) is 15.3. The molecule has 0 spiro atoms. The highest BCUT2D eigenvalue weighted by atomic mass is 16.5. The van der Waals surface area contributed by atoms with Crippen LogP contribution in [0.2, 0.25) is 0 Å². The fourth-order valence-electron chi connectivity index (χ4n) is 3.30. The average Bonchev–Trinajstić information content (AvgIpc) is 2.62. The van der Waals surface area contributed by atoms with Crippen LogP contribution in [0.3, 0.4) is 0 Å². The highest BCUT2D eigenvalue weighted by Gasteiger charge is 2.20. The smallest absolute Gasteiger partial charge is 0.0795 e. The van der Waals surface area contributed by atoms with Crippen LogP contribution in [-0.4, -0.2) is 26.4 Å². The van der Waals surface area contributed by atoms with Gasteiger partial charge in [-0.25, -0.2) is 0 Å². The second-order valence-electron chi connectivity index (χ2n) is 5.92. The molecule has 22 heavy (non-hydrogen) atoms. The minimum atomic E-state index is 0.191. The molecule has 3 rings (SSSR count). The van der Waals surface area contributed by atoms with Gasteiger partial charge in [0.2, 0.25) is 0 Å². The molecule has 1 unspecified atom stereocenters. The van der Waals surface area contributed by atoms with Gasteiger partial charge in [0.15, 0.2) is 0 Å². The van der Waals surface area contributed by atoms with Crippen molar-refractivity contribution in [2.24, 2.45) is 0 Å². The number of hydrogen-bond donors (Lipinski definition) is 0. The maximum atomic E-state index is 5.51. The lowest BCUT2D eigenvalue weighted by molar-refractivity contribution is 0.140. The van der Waals surface area contributed by atoms with E-state index in [1.54, 1.807) is 14.2 Å². The molecule has 0 aromatic rings. The molecule has 0 heterocycles. The van der Waals surface area contributed by atoms with E-state index in [-0.39, 0.29) is 12.2 Å². The summed E-state index contributed by atoms with van der Waals surface area (Å²) in [6.07, 6.45) is 22.3. The van der Waals surface area contributed by atoms with Crippen molar-refractivity contribution in [1.29, 1.82) is 0 Å². The van der Waals surface area contributed by atoms with Crippen LogP contribution in [-0.2, 0) is 9.47 Å². The van der Waals surface area contributed by atoms with Crippen LogP contribution in [0.4, 0.5) is 0 Å². The average molecular weight is 296 g/mol. The molecule has 0 saturated carbocycles. The summed E-state index contributed by atoms with van der Waals surface area (Å²) in [5.74, 6) is 0. The fourth-order valence-corrected chi connectivity index (χ4v) is 3.30. The first-order valence-electron chi connectivity index (χ1n) is 8.03. The summed E-state index contributed by atoms with van der Waals surface area (Å²) in [6, 6.07) is 0. The summed E-state index contributed by atoms with van der Waals surface area (Å²) < 4.78 is 11.0. The van der Waals surface area contributed by atoms with Gasteiger partial charge in [0.05, 0.1) is 12.2 Å². The molecule has 0 saturated heterocycles. The van der Waals surface area contributed by atoms with Crippen LogP contribution in [0.5, 0.6) is 0 Å². The number of ether oxygens (including phenoxy) is 2. The predicted octanol–water partition coefficient (Wildman–Crippen LogP) is 4.44. The van der Waals surface area contributed by atoms with E-state index in [2.05, 4.69) is 48.6 Å². The van der Waals surface area contributed by atoms with Gasteiger partial charge in [-0.05, 0) is 47.6 Å². The van der Waals surface area contributed by atoms with Crippen molar-refractivity contribution in [2.75, 3.05) is 14.2 Å². The summed E-state index contributed by atoms with van der Waals surface area (Å²) in [4.78, 5) is 0. The quantitative estimate of drug-likeness (QED) is 0.764. The lowest BCUT2D eigenvalue weighted by Crippen LogP contribution is -2.14. The minimum absolute atomic E-state index is 0.191. The molecular formula is C20H24O2. The first-order chi connectivity index (χ1) is 10.8. The Hall–Kier alpha value is -1.64. The molecule has 0 aliphatic heterocycles. The SMILES string of the molecule is COC1C=C(C2=C(C3=CC=C[C@H](OC)C3)CCC=C2)C=CC1. The van der Waals surface area contributed by atoms with Gasteiger partial charge < -0.3 is 9.47 Å². The lowest BCUT2D eigenvalue weighted by atomic mass is 9.83. The van der Waals surface area contributed by atoms with E-state index < -0.39 is 0 Å². The Balaban J connectivity index is 1.95. The van der Waals surface area contributed by atoms with Crippen molar-refractivity contribution >= 4 is 0 Å². The van der Waals surface area contributed by atoms with Gasteiger partial charge in [-0.15, -0.1) is 0 Å². The van der Waals surface area contributed by atoms with Crippen molar-refractivity contribution in [1.82, 2.24) is 0 Å². The van der Waals surface area contributed by atoms with Crippen LogP contribution in [0.25, 0.3) is 0 Å². The standard InChI is InChI=1S/C20H24O2/c1-21-17-9-5-7-15(13-17)19-11-3-4-12-20(19)16-8-6-10-18(14-16)22-2/h3,5-8,10-11,13,17-18H,4,9,12,14H2,1-2H3/t17?,18-/m0/s1. The molecule has 0 N–H and O–H groups in total. The van der Waals surface area contributed by atoms with Crippen molar-refractivity contribution in [3.05, 3.63) is 70.9 Å². The molecule has 2 heteroatoms. The third-order valence-corrected chi connectivity index (χ3v) is 4.55. The second-order valence-corrected chi connectivity index (χ2v) is 5.92. The highest BCUT2D eigenvalue weighted by molar-refractivity contribution is 5.57. The Bertz CT molecular complexity index is 599. The van der Waals surface area contributed by atoms with Gasteiger partial charge in [-0.3, -0.25) is 0 Å². The van der Waals surface area contributed by atoms with Crippen LogP contribution >= 0.6 is 0 Å². The number of hydrogen-bond acceptors (Lipinski definition) is 2. The number of methoxy groups -OCH3 is 2. The highest BCUT2D eigenvalue weighted by Crippen LogP contribution is 2.35. The van der Waals surface area contributed by atoms with Gasteiger partial charge in [-0.1, -0.05) is 42.5 Å². The Kier molecular flexibility index (Phi) is 4.91. The number of allylic oxidation sites excluding steroid dienone is 8. The molecule has 2 nitrogen and oxygen atoms in total. The zero-order valence-electron chi connectivity index (χ0n) is 13.4. The molecule has 0 aromatic heterocycles. The van der Waals surface area contributed by atoms with E-state index in [1.165, 1.54) is 22.3 Å². The van der Waals surface area contributed by atoms with Crippen LogP contribution in [0.15, 0.2) is 70.9 Å². The van der Waals surface area contributed by atoms with Gasteiger partial charge in [0, 0.05) is 20.6 Å². The van der Waals surface area contributed by atoms with Crippen LogP contribution in [0.1, 0.15) is 25.7 Å². The lowest BCUT2D eigenvalue weighted by Gasteiger charge is -2.25. The largest absolute Gasteiger partial charge is 0.377 e. The topological polar surface area (TPSA) is 18.5 Å². The summed E-state index contributed by atoms with van der Waals surface area (Å²) in [6.45, 7) is 0. The van der Waals surface area contributed by atoms with Crippen molar-refractivity contribution in [3.8, 4) is 0 Å². The molecule has 3 aliphatic carbocycles. The van der Waals surface area contributed by atoms with Crippen molar-refractivity contribution < 1.29 is 9.47 Å². The summed E-state index contributed by atoms with van der Waals surface area (Å²) in [5, 5.41) is 0. The third kappa shape index (κ3) is 3.23. The molecule has 0 amide bonds. The van der Waals surface area contributed by atoms with E-state index in [0.29, 0.717) is 0 Å². The zero-order chi connectivity index (χ0) is 15.4. The molecule has 0 bridgehead atoms.